The van der Waals surface area contributed by atoms with Crippen molar-refractivity contribution in [3.63, 3.8) is 0 Å². The molecule has 0 bridgehead atoms. The first kappa shape index (κ1) is 21.2. The van der Waals surface area contributed by atoms with Gasteiger partial charge in [-0.25, -0.2) is 4.79 Å². The van der Waals surface area contributed by atoms with E-state index in [4.69, 9.17) is 16.3 Å². The van der Waals surface area contributed by atoms with Crippen LogP contribution in [0.1, 0.15) is 30.4 Å². The van der Waals surface area contributed by atoms with Gasteiger partial charge in [0.15, 0.2) is 0 Å². The van der Waals surface area contributed by atoms with Gasteiger partial charge in [0.25, 0.3) is 11.5 Å². The van der Waals surface area contributed by atoms with Crippen molar-refractivity contribution in [3.8, 4) is 0 Å². The van der Waals surface area contributed by atoms with E-state index in [1.807, 2.05) is 18.8 Å². The highest BCUT2D eigenvalue weighted by Gasteiger charge is 2.39. The molecule has 0 unspecified atom stereocenters. The Morgan fingerprint density at radius 2 is 2.14 bits per heavy atom. The number of H-pyrrole nitrogens is 1. The molecule has 1 fully saturated rings. The normalized spacial score (nSPS) is 24.6. The molecule has 0 radical (unpaired) electrons. The van der Waals surface area contributed by atoms with E-state index in [1.165, 1.54) is 0 Å². The Morgan fingerprint density at radius 1 is 1.41 bits per heavy atom. The van der Waals surface area contributed by atoms with Gasteiger partial charge in [0.05, 0.1) is 19.2 Å². The number of rotatable bonds is 5. The lowest BCUT2D eigenvalue weighted by molar-refractivity contribution is -0.152. The molecule has 0 aromatic carbocycles. The van der Waals surface area contributed by atoms with Crippen LogP contribution in [0, 0.1) is 0 Å². The lowest BCUT2D eigenvalue weighted by atomic mass is 9.97. The number of nitrogens with one attached hydrogen (secondary N) is 2. The summed E-state index contributed by atoms with van der Waals surface area (Å²) in [5.41, 5.74) is -1.27. The average molecular weight is 428 g/mol. The quantitative estimate of drug-likeness (QED) is 0.472. The maximum Gasteiger partial charge on any atom is 0.328 e. The van der Waals surface area contributed by atoms with Gasteiger partial charge < -0.3 is 20.3 Å². The smallest absolute Gasteiger partial charge is 0.328 e. The van der Waals surface area contributed by atoms with Gasteiger partial charge in [-0.3, -0.25) is 23.8 Å². The zero-order valence-corrected chi connectivity index (χ0v) is 16.5. The van der Waals surface area contributed by atoms with Crippen LogP contribution in [0.3, 0.4) is 0 Å². The molecular weight excluding hydrogens is 406 g/mol. The summed E-state index contributed by atoms with van der Waals surface area (Å²) in [5.74, 6) is -0.508. The topological polar surface area (TPSA) is 151 Å². The molecular formula is C17H22ClN5O6. The maximum atomic E-state index is 12.4. The van der Waals surface area contributed by atoms with E-state index in [0.29, 0.717) is 0 Å². The predicted molar refractivity (Wildman–Crippen MR) is 102 cm³/mol. The van der Waals surface area contributed by atoms with Crippen LogP contribution in [-0.2, 0) is 11.3 Å². The lowest BCUT2D eigenvalue weighted by Crippen LogP contribution is -2.60. The van der Waals surface area contributed by atoms with E-state index in [-0.39, 0.29) is 29.9 Å². The Hall–Kier alpha value is -2.47. The highest BCUT2D eigenvalue weighted by molar-refractivity contribution is 6.30. The fraction of sp³-hybridized carbons (Fsp3) is 0.529. The Bertz CT molecular complexity index is 999. The van der Waals surface area contributed by atoms with Gasteiger partial charge in [-0.15, -0.1) is 0 Å². The SMILES string of the molecule is CC(C)n1ccc(C(=O)N[C@@H]2CO[C@H](Cn3cc(Cl)c(=O)[nH]c3=O)[C@@H](O)[C@H]2O)n1. The van der Waals surface area contributed by atoms with Gasteiger partial charge in [-0.1, -0.05) is 11.6 Å². The second kappa shape index (κ2) is 8.49. The van der Waals surface area contributed by atoms with Crippen molar-refractivity contribution in [1.82, 2.24) is 24.6 Å². The second-order valence-corrected chi connectivity index (χ2v) is 7.50. The van der Waals surface area contributed by atoms with Gasteiger partial charge in [0, 0.05) is 18.4 Å². The van der Waals surface area contributed by atoms with Gasteiger partial charge in [0.1, 0.15) is 29.0 Å². The molecule has 4 N–H and O–H groups in total. The fourth-order valence-electron chi connectivity index (χ4n) is 2.97. The van der Waals surface area contributed by atoms with E-state index < -0.39 is 41.5 Å². The van der Waals surface area contributed by atoms with Crippen LogP contribution < -0.4 is 16.6 Å². The minimum absolute atomic E-state index is 0.0903. The lowest BCUT2D eigenvalue weighted by Gasteiger charge is -2.37. The number of carbonyl (C=O) groups is 1. The van der Waals surface area contributed by atoms with Crippen molar-refractivity contribution >= 4 is 17.5 Å². The number of hydrogen-bond donors (Lipinski definition) is 4. The molecule has 4 atom stereocenters. The molecule has 2 aromatic heterocycles. The molecule has 29 heavy (non-hydrogen) atoms. The summed E-state index contributed by atoms with van der Waals surface area (Å²) in [7, 11) is 0. The standard InChI is InChI=1S/C17H22ClN5O6/c1-8(2)23-4-3-10(21-23)16(27)19-11-7-29-12(14(25)13(11)24)6-22-5-9(18)15(26)20-17(22)28/h3-5,8,11-14,24-25H,6-7H2,1-2H3,(H,19,27)(H,20,26,28)/t11-,12-,13+,14-/m1/s1. The minimum Gasteiger partial charge on any atom is -0.388 e. The molecule has 2 aromatic rings. The molecule has 11 nitrogen and oxygen atoms in total. The van der Waals surface area contributed by atoms with Crippen LogP contribution >= 0.6 is 11.6 Å². The molecule has 0 saturated carbocycles. The van der Waals surface area contributed by atoms with Crippen LogP contribution in [0.5, 0.6) is 0 Å². The summed E-state index contributed by atoms with van der Waals surface area (Å²) in [5, 5.41) is 27.3. The number of amides is 1. The molecule has 3 heterocycles. The number of halogens is 1. The van der Waals surface area contributed by atoms with Crippen LogP contribution in [-0.4, -0.2) is 66.4 Å². The zero-order chi connectivity index (χ0) is 21.3. The molecule has 1 aliphatic rings. The molecule has 1 amide bonds. The van der Waals surface area contributed by atoms with Crippen LogP contribution in [0.2, 0.25) is 5.02 Å². The van der Waals surface area contributed by atoms with Crippen molar-refractivity contribution in [2.45, 2.75) is 50.8 Å². The van der Waals surface area contributed by atoms with Crippen LogP contribution in [0.25, 0.3) is 0 Å². The summed E-state index contributed by atoms with van der Waals surface area (Å²) in [6.45, 7) is 3.61. The van der Waals surface area contributed by atoms with Crippen molar-refractivity contribution in [2.75, 3.05) is 6.61 Å². The number of carbonyl (C=O) groups excluding carboxylic acids is 1. The third kappa shape index (κ3) is 4.58. The fourth-order valence-corrected chi connectivity index (χ4v) is 3.14. The summed E-state index contributed by atoms with van der Waals surface area (Å²) in [6.07, 6.45) is -0.869. The first-order valence-corrected chi connectivity index (χ1v) is 9.38. The summed E-state index contributed by atoms with van der Waals surface area (Å²) >= 11 is 5.72. The van der Waals surface area contributed by atoms with Crippen molar-refractivity contribution in [3.05, 3.63) is 50.0 Å². The van der Waals surface area contributed by atoms with Crippen molar-refractivity contribution in [2.24, 2.45) is 0 Å². The number of aliphatic hydroxyl groups is 2. The molecule has 158 valence electrons. The Kier molecular flexibility index (Phi) is 6.22. The molecule has 0 spiro atoms. The first-order valence-electron chi connectivity index (χ1n) is 9.00. The first-order chi connectivity index (χ1) is 13.7. The van der Waals surface area contributed by atoms with E-state index >= 15 is 0 Å². The van der Waals surface area contributed by atoms with E-state index in [1.54, 1.807) is 16.9 Å². The van der Waals surface area contributed by atoms with Crippen molar-refractivity contribution < 1.29 is 19.7 Å². The number of aromatic amines is 1. The number of nitrogens with zero attached hydrogens (tertiary/aromatic N) is 3. The van der Waals surface area contributed by atoms with Crippen molar-refractivity contribution in [1.29, 1.82) is 0 Å². The highest BCUT2D eigenvalue weighted by Crippen LogP contribution is 2.18. The Morgan fingerprint density at radius 3 is 2.79 bits per heavy atom. The molecule has 1 saturated heterocycles. The summed E-state index contributed by atoms with van der Waals surface area (Å²) in [6, 6.07) is 0.776. The summed E-state index contributed by atoms with van der Waals surface area (Å²) in [4.78, 5) is 37.6. The number of aliphatic hydroxyl groups excluding tert-OH is 2. The average Bonchev–Trinajstić information content (AvgIpc) is 3.16. The van der Waals surface area contributed by atoms with Gasteiger partial charge >= 0.3 is 5.69 Å². The van der Waals surface area contributed by atoms with Gasteiger partial charge in [0.2, 0.25) is 0 Å². The van der Waals surface area contributed by atoms with E-state index in [2.05, 4.69) is 10.4 Å². The third-order valence-corrected chi connectivity index (χ3v) is 4.93. The number of aromatic nitrogens is 4. The monoisotopic (exact) mass is 427 g/mol. The highest BCUT2D eigenvalue weighted by atomic mass is 35.5. The van der Waals surface area contributed by atoms with Crippen LogP contribution in [0.15, 0.2) is 28.0 Å². The summed E-state index contributed by atoms with van der Waals surface area (Å²) < 4.78 is 8.23. The minimum atomic E-state index is -1.39. The zero-order valence-electron chi connectivity index (χ0n) is 15.8. The third-order valence-electron chi connectivity index (χ3n) is 4.66. The van der Waals surface area contributed by atoms with Gasteiger partial charge in [-0.2, -0.15) is 5.10 Å². The number of hydrogen-bond acceptors (Lipinski definition) is 7. The van der Waals surface area contributed by atoms with E-state index in [9.17, 15) is 24.6 Å². The Labute approximate surface area is 169 Å². The number of ether oxygens (including phenoxy) is 1. The predicted octanol–water partition coefficient (Wildman–Crippen LogP) is -1.11. The molecule has 0 aliphatic carbocycles. The largest absolute Gasteiger partial charge is 0.388 e. The molecule has 3 rings (SSSR count). The van der Waals surface area contributed by atoms with E-state index in [0.717, 1.165) is 10.8 Å². The van der Waals surface area contributed by atoms with Gasteiger partial charge in [-0.05, 0) is 19.9 Å². The van der Waals surface area contributed by atoms with Crippen LogP contribution in [0.4, 0.5) is 0 Å². The molecule has 12 heteroatoms. The maximum absolute atomic E-state index is 12.4. The Balaban J connectivity index is 1.65. The molecule has 1 aliphatic heterocycles. The second-order valence-electron chi connectivity index (χ2n) is 7.10.